The first-order chi connectivity index (χ1) is 7.79. The average Bonchev–Trinajstić information content (AvgIpc) is 2.31. The van der Waals surface area contributed by atoms with Gasteiger partial charge in [-0.3, -0.25) is 0 Å². The summed E-state index contributed by atoms with van der Waals surface area (Å²) in [5.74, 6) is 0. The molecule has 0 heterocycles. The van der Waals surface area contributed by atoms with E-state index < -0.39 is 0 Å². The maximum absolute atomic E-state index is 4.33. The van der Waals surface area contributed by atoms with Crippen molar-refractivity contribution >= 4 is 7.92 Å². The highest BCUT2D eigenvalue weighted by Crippen LogP contribution is 2.60. The Morgan fingerprint density at radius 3 is 1.50 bits per heavy atom. The lowest BCUT2D eigenvalue weighted by Crippen LogP contribution is -2.20. The lowest BCUT2D eigenvalue weighted by Gasteiger charge is -2.38. The van der Waals surface area contributed by atoms with Gasteiger partial charge >= 0.3 is 0 Å². The monoisotopic (exact) mass is 238 g/mol. The van der Waals surface area contributed by atoms with E-state index in [0.29, 0.717) is 0 Å². The predicted octanol–water partition coefficient (Wildman–Crippen LogP) is 5.67. The standard InChI is InChI=1S/C15H27P/c1-13(2)16(14-9-5-3-6-10-14)15-11-7-4-8-12-15/h14-15H,1,3-12H2,2H3. The molecule has 0 bridgehead atoms. The summed E-state index contributed by atoms with van der Waals surface area (Å²) in [7, 11) is 0.150. The zero-order chi connectivity index (χ0) is 11.4. The fourth-order valence-electron chi connectivity index (χ4n) is 3.64. The van der Waals surface area contributed by atoms with Gasteiger partial charge in [0.1, 0.15) is 0 Å². The van der Waals surface area contributed by atoms with Gasteiger partial charge in [0.15, 0.2) is 0 Å². The van der Waals surface area contributed by atoms with Gasteiger partial charge in [-0.15, -0.1) is 0 Å². The summed E-state index contributed by atoms with van der Waals surface area (Å²) in [5.41, 5.74) is 2.09. The Bertz CT molecular complexity index is 204. The molecule has 0 amide bonds. The molecular formula is C15H27P. The Balaban J connectivity index is 1.99. The molecule has 2 aliphatic carbocycles. The van der Waals surface area contributed by atoms with Gasteiger partial charge in [0.05, 0.1) is 0 Å². The molecule has 0 aromatic rings. The molecule has 0 unspecified atom stereocenters. The van der Waals surface area contributed by atoms with E-state index in [1.165, 1.54) is 64.2 Å². The van der Waals surface area contributed by atoms with Gasteiger partial charge in [-0.1, -0.05) is 58.3 Å². The Hall–Kier alpha value is 0.170. The zero-order valence-electron chi connectivity index (χ0n) is 10.9. The van der Waals surface area contributed by atoms with Crippen LogP contribution in [0.15, 0.2) is 11.9 Å². The van der Waals surface area contributed by atoms with E-state index in [0.717, 1.165) is 11.3 Å². The topological polar surface area (TPSA) is 0 Å². The van der Waals surface area contributed by atoms with E-state index in [1.54, 1.807) is 5.31 Å². The summed E-state index contributed by atoms with van der Waals surface area (Å²) in [4.78, 5) is 0. The van der Waals surface area contributed by atoms with Crippen LogP contribution in [0.3, 0.4) is 0 Å². The van der Waals surface area contributed by atoms with Crippen LogP contribution in [-0.4, -0.2) is 11.3 Å². The van der Waals surface area contributed by atoms with Crippen LogP contribution in [0.4, 0.5) is 0 Å². The Kier molecular flexibility index (Phi) is 4.89. The predicted molar refractivity (Wildman–Crippen MR) is 75.5 cm³/mol. The molecule has 0 nitrogen and oxygen atoms in total. The van der Waals surface area contributed by atoms with E-state index in [-0.39, 0.29) is 7.92 Å². The minimum Gasteiger partial charge on any atom is -0.0956 e. The minimum atomic E-state index is 0.150. The van der Waals surface area contributed by atoms with Gasteiger partial charge in [-0.2, -0.15) is 0 Å². The fraction of sp³-hybridized carbons (Fsp3) is 0.867. The van der Waals surface area contributed by atoms with Gasteiger partial charge in [0.25, 0.3) is 0 Å². The third kappa shape index (κ3) is 3.10. The molecule has 2 aliphatic rings. The maximum atomic E-state index is 4.33. The first kappa shape index (κ1) is 12.6. The van der Waals surface area contributed by atoms with Crippen molar-refractivity contribution in [2.24, 2.45) is 0 Å². The van der Waals surface area contributed by atoms with Crippen molar-refractivity contribution in [3.8, 4) is 0 Å². The van der Waals surface area contributed by atoms with Crippen molar-refractivity contribution in [1.82, 2.24) is 0 Å². The molecule has 2 rings (SSSR count). The minimum absolute atomic E-state index is 0.150. The Morgan fingerprint density at radius 1 is 0.812 bits per heavy atom. The quantitative estimate of drug-likeness (QED) is 0.556. The van der Waals surface area contributed by atoms with E-state index in [1.807, 2.05) is 0 Å². The van der Waals surface area contributed by atoms with Crippen LogP contribution < -0.4 is 0 Å². The lowest BCUT2D eigenvalue weighted by atomic mass is 9.99. The molecule has 0 aromatic heterocycles. The molecule has 0 N–H and O–H groups in total. The van der Waals surface area contributed by atoms with Crippen LogP contribution in [0.5, 0.6) is 0 Å². The van der Waals surface area contributed by atoms with E-state index in [2.05, 4.69) is 13.5 Å². The molecule has 2 fully saturated rings. The highest BCUT2D eigenvalue weighted by atomic mass is 31.1. The molecule has 1 heteroatoms. The van der Waals surface area contributed by atoms with Gasteiger partial charge in [0, 0.05) is 0 Å². The smallest absolute Gasteiger partial charge is 0.0170 e. The number of hydrogen-bond acceptors (Lipinski definition) is 0. The van der Waals surface area contributed by atoms with Crippen molar-refractivity contribution in [3.05, 3.63) is 11.9 Å². The summed E-state index contributed by atoms with van der Waals surface area (Å²) >= 11 is 0. The molecule has 0 aromatic carbocycles. The molecule has 0 radical (unpaired) electrons. The van der Waals surface area contributed by atoms with Crippen molar-refractivity contribution in [3.63, 3.8) is 0 Å². The molecule has 0 aliphatic heterocycles. The second kappa shape index (κ2) is 6.20. The largest absolute Gasteiger partial charge is 0.0956 e. The summed E-state index contributed by atoms with van der Waals surface area (Å²) < 4.78 is 0. The summed E-state index contributed by atoms with van der Waals surface area (Å²) in [6.07, 6.45) is 15.0. The third-order valence-electron chi connectivity index (χ3n) is 4.38. The molecular weight excluding hydrogens is 211 g/mol. The first-order valence-corrected chi connectivity index (χ1v) is 8.71. The molecule has 2 saturated carbocycles. The van der Waals surface area contributed by atoms with Crippen LogP contribution >= 0.6 is 7.92 Å². The zero-order valence-corrected chi connectivity index (χ0v) is 11.8. The highest BCUT2D eigenvalue weighted by Gasteiger charge is 2.31. The van der Waals surface area contributed by atoms with Gasteiger partial charge in [-0.05, 0) is 43.9 Å². The van der Waals surface area contributed by atoms with E-state index in [9.17, 15) is 0 Å². The number of allylic oxidation sites excluding steroid dienone is 1. The van der Waals surface area contributed by atoms with Crippen LogP contribution in [0.1, 0.15) is 71.1 Å². The SMILES string of the molecule is C=C(C)P(C1CCCCC1)C1CCCCC1. The number of hydrogen-bond donors (Lipinski definition) is 0. The Morgan fingerprint density at radius 2 is 1.19 bits per heavy atom. The molecule has 16 heavy (non-hydrogen) atoms. The van der Waals surface area contributed by atoms with Crippen molar-refractivity contribution in [2.45, 2.75) is 82.4 Å². The maximum Gasteiger partial charge on any atom is -0.0170 e. The fourth-order valence-corrected chi connectivity index (χ4v) is 7.33. The molecule has 0 saturated heterocycles. The van der Waals surface area contributed by atoms with E-state index >= 15 is 0 Å². The Labute approximate surface area is 103 Å². The lowest BCUT2D eigenvalue weighted by molar-refractivity contribution is 0.486. The van der Waals surface area contributed by atoms with Crippen LogP contribution in [0.25, 0.3) is 0 Å². The first-order valence-electron chi connectivity index (χ1n) is 7.23. The van der Waals surface area contributed by atoms with Gasteiger partial charge in [0.2, 0.25) is 0 Å². The van der Waals surface area contributed by atoms with Gasteiger partial charge < -0.3 is 0 Å². The molecule has 0 spiro atoms. The van der Waals surface area contributed by atoms with Gasteiger partial charge in [-0.25, -0.2) is 0 Å². The highest BCUT2D eigenvalue weighted by molar-refractivity contribution is 7.63. The molecule has 92 valence electrons. The van der Waals surface area contributed by atoms with Crippen LogP contribution in [0, 0.1) is 0 Å². The summed E-state index contributed by atoms with van der Waals surface area (Å²) in [6, 6.07) is 0. The average molecular weight is 238 g/mol. The normalized spacial score (nSPS) is 24.9. The van der Waals surface area contributed by atoms with Crippen LogP contribution in [0.2, 0.25) is 0 Å². The summed E-state index contributed by atoms with van der Waals surface area (Å²) in [6.45, 7) is 6.65. The van der Waals surface area contributed by atoms with Crippen molar-refractivity contribution < 1.29 is 0 Å². The number of rotatable bonds is 3. The second-order valence-electron chi connectivity index (χ2n) is 5.73. The van der Waals surface area contributed by atoms with E-state index in [4.69, 9.17) is 0 Å². The van der Waals surface area contributed by atoms with Crippen LogP contribution in [-0.2, 0) is 0 Å². The van der Waals surface area contributed by atoms with Crippen molar-refractivity contribution in [1.29, 1.82) is 0 Å². The summed E-state index contributed by atoms with van der Waals surface area (Å²) in [5, 5.41) is 1.55. The van der Waals surface area contributed by atoms with Crippen molar-refractivity contribution in [2.75, 3.05) is 0 Å². The molecule has 0 atom stereocenters. The second-order valence-corrected chi connectivity index (χ2v) is 8.76. The third-order valence-corrected chi connectivity index (χ3v) is 7.86.